The number of hydrogen-bond acceptors (Lipinski definition) is 3. The van der Waals surface area contributed by atoms with Gasteiger partial charge >= 0.3 is 0 Å². The molecule has 0 amide bonds. The van der Waals surface area contributed by atoms with Crippen LogP contribution < -0.4 is 11.1 Å². The van der Waals surface area contributed by atoms with Gasteiger partial charge in [-0.1, -0.05) is 0 Å². The van der Waals surface area contributed by atoms with Gasteiger partial charge in [0.1, 0.15) is 5.82 Å². The van der Waals surface area contributed by atoms with Gasteiger partial charge in [0.15, 0.2) is 0 Å². The molecular formula is C10H14N4. The van der Waals surface area contributed by atoms with Crippen LogP contribution in [-0.2, 0) is 6.42 Å². The van der Waals surface area contributed by atoms with Crippen molar-refractivity contribution in [3.63, 3.8) is 0 Å². The number of hydrogen-bond donors (Lipinski definition) is 2. The van der Waals surface area contributed by atoms with E-state index in [1.165, 1.54) is 0 Å². The molecule has 2 rings (SSSR count). The first-order valence-electron chi connectivity index (χ1n) is 4.68. The highest BCUT2D eigenvalue weighted by Crippen LogP contribution is 2.14. The van der Waals surface area contributed by atoms with Gasteiger partial charge in [0.05, 0.1) is 17.4 Å². The average molecular weight is 190 g/mol. The number of aromatic nitrogens is 2. The smallest absolute Gasteiger partial charge is 0.114 e. The number of likely N-dealkylation sites (N-methyl/N-ethyl adjacent to an activating group) is 1. The molecular weight excluding hydrogens is 176 g/mol. The number of nitrogens with two attached hydrogens (primary N) is 1. The van der Waals surface area contributed by atoms with Crippen molar-refractivity contribution >= 4 is 11.2 Å². The third-order valence-corrected chi connectivity index (χ3v) is 2.28. The van der Waals surface area contributed by atoms with E-state index in [1.54, 1.807) is 0 Å². The van der Waals surface area contributed by atoms with E-state index >= 15 is 0 Å². The fraction of sp³-hybridized carbons (Fsp3) is 0.300. The summed E-state index contributed by atoms with van der Waals surface area (Å²) in [5, 5.41) is 3.10. The monoisotopic (exact) mass is 190 g/mol. The zero-order chi connectivity index (χ0) is 9.97. The van der Waals surface area contributed by atoms with E-state index in [-0.39, 0.29) is 0 Å². The minimum Gasteiger partial charge on any atom is -0.397 e. The highest BCUT2D eigenvalue weighted by Gasteiger charge is 2.03. The molecule has 0 bridgehead atoms. The Morgan fingerprint density at radius 3 is 3.21 bits per heavy atom. The summed E-state index contributed by atoms with van der Waals surface area (Å²) in [6, 6.07) is 3.83. The van der Waals surface area contributed by atoms with Crippen molar-refractivity contribution in [2.75, 3.05) is 19.3 Å². The Hall–Kier alpha value is -1.55. The van der Waals surface area contributed by atoms with E-state index in [9.17, 15) is 0 Å². The lowest BCUT2D eigenvalue weighted by Crippen LogP contribution is -2.12. The number of nitrogens with one attached hydrogen (secondary N) is 1. The van der Waals surface area contributed by atoms with Gasteiger partial charge in [-0.05, 0) is 19.2 Å². The van der Waals surface area contributed by atoms with Crippen LogP contribution in [0.4, 0.5) is 5.69 Å². The van der Waals surface area contributed by atoms with E-state index in [4.69, 9.17) is 5.73 Å². The van der Waals surface area contributed by atoms with Crippen molar-refractivity contribution < 1.29 is 0 Å². The van der Waals surface area contributed by atoms with Gasteiger partial charge in [-0.3, -0.25) is 0 Å². The molecule has 2 heterocycles. The largest absolute Gasteiger partial charge is 0.397 e. The lowest BCUT2D eigenvalue weighted by atomic mass is 10.3. The van der Waals surface area contributed by atoms with E-state index in [2.05, 4.69) is 10.3 Å². The van der Waals surface area contributed by atoms with E-state index in [0.29, 0.717) is 0 Å². The van der Waals surface area contributed by atoms with Crippen molar-refractivity contribution in [3.05, 3.63) is 30.4 Å². The number of nitrogen functional groups attached to an aromatic ring is 1. The number of anilines is 1. The fourth-order valence-corrected chi connectivity index (χ4v) is 1.52. The Labute approximate surface area is 82.8 Å². The lowest BCUT2D eigenvalue weighted by molar-refractivity contribution is 0.753. The first-order chi connectivity index (χ1) is 6.83. The molecule has 0 fully saturated rings. The summed E-state index contributed by atoms with van der Waals surface area (Å²) in [6.45, 7) is 0.925. The van der Waals surface area contributed by atoms with Crippen LogP contribution in [-0.4, -0.2) is 23.0 Å². The van der Waals surface area contributed by atoms with Gasteiger partial charge in [-0.25, -0.2) is 4.98 Å². The maximum Gasteiger partial charge on any atom is 0.114 e. The summed E-state index contributed by atoms with van der Waals surface area (Å²) in [4.78, 5) is 4.34. The van der Waals surface area contributed by atoms with Gasteiger partial charge in [-0.2, -0.15) is 0 Å². The van der Waals surface area contributed by atoms with Gasteiger partial charge in [0, 0.05) is 19.2 Å². The summed E-state index contributed by atoms with van der Waals surface area (Å²) in [5.41, 5.74) is 7.58. The van der Waals surface area contributed by atoms with Crippen LogP contribution in [0.15, 0.2) is 24.5 Å². The highest BCUT2D eigenvalue weighted by molar-refractivity contribution is 5.68. The predicted octanol–water partition coefficient (Wildman–Crippen LogP) is 0.678. The second kappa shape index (κ2) is 3.67. The number of imidazole rings is 1. The van der Waals surface area contributed by atoms with Crippen LogP contribution in [0.2, 0.25) is 0 Å². The van der Waals surface area contributed by atoms with Gasteiger partial charge in [0.2, 0.25) is 0 Å². The molecule has 0 aliphatic carbocycles. The van der Waals surface area contributed by atoms with Gasteiger partial charge < -0.3 is 15.5 Å². The minimum atomic E-state index is 0.774. The zero-order valence-electron chi connectivity index (χ0n) is 8.20. The second-order valence-electron chi connectivity index (χ2n) is 3.25. The third-order valence-electron chi connectivity index (χ3n) is 2.28. The van der Waals surface area contributed by atoms with Crippen LogP contribution in [0.5, 0.6) is 0 Å². The Bertz CT molecular complexity index is 433. The number of nitrogens with zero attached hydrogens (tertiary/aromatic N) is 2. The fourth-order valence-electron chi connectivity index (χ4n) is 1.52. The summed E-state index contributed by atoms with van der Waals surface area (Å²) in [7, 11) is 1.93. The van der Waals surface area contributed by atoms with E-state index < -0.39 is 0 Å². The van der Waals surface area contributed by atoms with Crippen LogP contribution in [0, 0.1) is 0 Å². The summed E-state index contributed by atoms with van der Waals surface area (Å²) < 4.78 is 2.03. The van der Waals surface area contributed by atoms with Crippen molar-refractivity contribution in [1.29, 1.82) is 0 Å². The van der Waals surface area contributed by atoms with E-state index in [0.717, 1.165) is 30.0 Å². The maximum absolute atomic E-state index is 5.82. The molecule has 0 aliphatic heterocycles. The van der Waals surface area contributed by atoms with Crippen LogP contribution >= 0.6 is 0 Å². The number of fused-ring (bicyclic) bond motifs is 1. The van der Waals surface area contributed by atoms with Crippen LogP contribution in [0.1, 0.15) is 5.82 Å². The Morgan fingerprint density at radius 1 is 1.57 bits per heavy atom. The highest BCUT2D eigenvalue weighted by atomic mass is 15.0. The topological polar surface area (TPSA) is 55.3 Å². The molecule has 14 heavy (non-hydrogen) atoms. The molecule has 0 aliphatic rings. The standard InChI is InChI=1S/C10H14N4/c1-12-5-4-10-13-7-9-8(11)3-2-6-14(9)10/h2-3,6-7,12H,4-5,11H2,1H3. The molecule has 2 aromatic rings. The zero-order valence-corrected chi connectivity index (χ0v) is 8.20. The SMILES string of the molecule is CNCCc1ncc2c(N)cccn12. The normalized spacial score (nSPS) is 10.9. The summed E-state index contributed by atoms with van der Waals surface area (Å²) in [6.07, 6.45) is 4.72. The van der Waals surface area contributed by atoms with Gasteiger partial charge in [-0.15, -0.1) is 0 Å². The average Bonchev–Trinajstić information content (AvgIpc) is 2.60. The first-order valence-corrected chi connectivity index (χ1v) is 4.68. The second-order valence-corrected chi connectivity index (χ2v) is 3.25. The maximum atomic E-state index is 5.82. The minimum absolute atomic E-state index is 0.774. The van der Waals surface area contributed by atoms with Crippen LogP contribution in [0.25, 0.3) is 5.52 Å². The Morgan fingerprint density at radius 2 is 2.43 bits per heavy atom. The molecule has 4 heteroatoms. The Balaban J connectivity index is 2.42. The van der Waals surface area contributed by atoms with Gasteiger partial charge in [0.25, 0.3) is 0 Å². The van der Waals surface area contributed by atoms with Crippen molar-refractivity contribution in [2.45, 2.75) is 6.42 Å². The molecule has 0 spiro atoms. The quantitative estimate of drug-likeness (QED) is 0.748. The van der Waals surface area contributed by atoms with Crippen molar-refractivity contribution in [2.24, 2.45) is 0 Å². The number of rotatable bonds is 3. The third kappa shape index (κ3) is 1.44. The van der Waals surface area contributed by atoms with Crippen molar-refractivity contribution in [3.8, 4) is 0 Å². The Kier molecular flexibility index (Phi) is 2.37. The molecule has 0 atom stereocenters. The molecule has 0 unspecified atom stereocenters. The molecule has 2 aromatic heterocycles. The van der Waals surface area contributed by atoms with Crippen LogP contribution in [0.3, 0.4) is 0 Å². The lowest BCUT2D eigenvalue weighted by Gasteiger charge is -2.01. The molecule has 0 saturated heterocycles. The summed E-state index contributed by atoms with van der Waals surface area (Å²) >= 11 is 0. The molecule has 3 N–H and O–H groups in total. The number of pyridine rings is 1. The molecule has 0 aromatic carbocycles. The molecule has 74 valence electrons. The van der Waals surface area contributed by atoms with Crippen molar-refractivity contribution in [1.82, 2.24) is 14.7 Å². The van der Waals surface area contributed by atoms with E-state index in [1.807, 2.05) is 36.0 Å². The molecule has 0 radical (unpaired) electrons. The molecule has 4 nitrogen and oxygen atoms in total. The predicted molar refractivity (Wildman–Crippen MR) is 57.2 cm³/mol. The molecule has 0 saturated carbocycles. The first kappa shape index (κ1) is 9.02. The summed E-state index contributed by atoms with van der Waals surface area (Å²) in [5.74, 6) is 1.04.